The maximum Gasteiger partial charge on any atom is 0.253 e. The molecule has 0 aromatic carbocycles. The molecule has 100 valence electrons. The highest BCUT2D eigenvalue weighted by atomic mass is 16.2. The second-order valence-electron chi connectivity index (χ2n) is 4.33. The molecule has 1 atom stereocenters. The van der Waals surface area contributed by atoms with E-state index >= 15 is 0 Å². The Morgan fingerprint density at radius 3 is 2.79 bits per heavy atom. The molecule has 0 aliphatic carbocycles. The average molecular weight is 260 g/mol. The zero-order chi connectivity index (χ0) is 14.0. The van der Waals surface area contributed by atoms with Gasteiger partial charge in [-0.05, 0) is 26.0 Å². The van der Waals surface area contributed by atoms with Crippen LogP contribution in [-0.4, -0.2) is 34.3 Å². The van der Waals surface area contributed by atoms with Gasteiger partial charge in [0.15, 0.2) is 0 Å². The first kappa shape index (κ1) is 13.1. The van der Waals surface area contributed by atoms with Crippen LogP contribution in [0, 0.1) is 6.92 Å². The normalized spacial score (nSPS) is 12.2. The number of nitrogens with one attached hydrogen (secondary N) is 2. The summed E-state index contributed by atoms with van der Waals surface area (Å²) in [5.41, 5.74) is 2.24. The van der Waals surface area contributed by atoms with Gasteiger partial charge in [-0.15, -0.1) is 0 Å². The number of amides is 2. The Balaban J connectivity index is 2.26. The molecule has 0 fully saturated rings. The molecule has 2 rings (SSSR count). The number of fused-ring (bicyclic) bond motifs is 1. The van der Waals surface area contributed by atoms with Crippen LogP contribution in [0.3, 0.4) is 0 Å². The van der Waals surface area contributed by atoms with Crippen LogP contribution in [0.25, 0.3) is 5.52 Å². The zero-order valence-corrected chi connectivity index (χ0v) is 11.1. The summed E-state index contributed by atoms with van der Waals surface area (Å²) in [6, 6.07) is 2.98. The largest absolute Gasteiger partial charge is 0.357 e. The molecule has 0 bridgehead atoms. The summed E-state index contributed by atoms with van der Waals surface area (Å²) in [6.07, 6.45) is 3.38. The van der Waals surface area contributed by atoms with Gasteiger partial charge in [-0.25, -0.2) is 4.98 Å². The summed E-state index contributed by atoms with van der Waals surface area (Å²) >= 11 is 0. The molecule has 19 heavy (non-hydrogen) atoms. The van der Waals surface area contributed by atoms with E-state index in [2.05, 4.69) is 15.6 Å². The second-order valence-corrected chi connectivity index (χ2v) is 4.33. The van der Waals surface area contributed by atoms with Gasteiger partial charge >= 0.3 is 0 Å². The third-order valence-electron chi connectivity index (χ3n) is 3.07. The fraction of sp³-hybridized carbons (Fsp3) is 0.308. The minimum Gasteiger partial charge on any atom is -0.357 e. The van der Waals surface area contributed by atoms with Crippen molar-refractivity contribution in [3.05, 3.63) is 35.9 Å². The van der Waals surface area contributed by atoms with Gasteiger partial charge in [0.1, 0.15) is 6.04 Å². The summed E-state index contributed by atoms with van der Waals surface area (Å²) in [4.78, 5) is 27.6. The van der Waals surface area contributed by atoms with Crippen LogP contribution in [0.5, 0.6) is 0 Å². The van der Waals surface area contributed by atoms with Gasteiger partial charge in [-0.3, -0.25) is 9.59 Å². The smallest absolute Gasteiger partial charge is 0.253 e. The fourth-order valence-corrected chi connectivity index (χ4v) is 1.92. The molecular weight excluding hydrogens is 244 g/mol. The second kappa shape index (κ2) is 5.09. The van der Waals surface area contributed by atoms with Gasteiger partial charge < -0.3 is 15.0 Å². The summed E-state index contributed by atoms with van der Waals surface area (Å²) in [7, 11) is 1.54. The molecule has 0 aliphatic heterocycles. The molecule has 2 aromatic heterocycles. The van der Waals surface area contributed by atoms with Gasteiger partial charge in [-0.1, -0.05) is 0 Å². The lowest BCUT2D eigenvalue weighted by Gasteiger charge is -2.14. The number of likely N-dealkylation sites (N-methyl/N-ethyl adjacent to an activating group) is 1. The Hall–Kier alpha value is -2.37. The van der Waals surface area contributed by atoms with Crippen LogP contribution in [0.15, 0.2) is 24.7 Å². The lowest BCUT2D eigenvalue weighted by Crippen LogP contribution is -2.43. The van der Waals surface area contributed by atoms with Crippen molar-refractivity contribution in [3.63, 3.8) is 0 Å². The fourth-order valence-electron chi connectivity index (χ4n) is 1.92. The molecule has 0 radical (unpaired) electrons. The molecule has 2 amide bonds. The Morgan fingerprint density at radius 1 is 1.37 bits per heavy atom. The van der Waals surface area contributed by atoms with E-state index in [0.29, 0.717) is 5.56 Å². The van der Waals surface area contributed by atoms with E-state index in [-0.39, 0.29) is 11.8 Å². The monoisotopic (exact) mass is 260 g/mol. The molecule has 2 aromatic rings. The van der Waals surface area contributed by atoms with Crippen molar-refractivity contribution in [2.24, 2.45) is 0 Å². The number of hydrogen-bond donors (Lipinski definition) is 2. The lowest BCUT2D eigenvalue weighted by molar-refractivity contribution is -0.122. The lowest BCUT2D eigenvalue weighted by atomic mass is 10.1. The number of carbonyl (C=O) groups is 2. The van der Waals surface area contributed by atoms with Crippen molar-refractivity contribution in [1.82, 2.24) is 20.0 Å². The maximum absolute atomic E-state index is 12.1. The van der Waals surface area contributed by atoms with Crippen molar-refractivity contribution < 1.29 is 9.59 Å². The van der Waals surface area contributed by atoms with Crippen LogP contribution in [0.2, 0.25) is 0 Å². The van der Waals surface area contributed by atoms with Crippen LogP contribution >= 0.6 is 0 Å². The first-order valence-corrected chi connectivity index (χ1v) is 5.98. The van der Waals surface area contributed by atoms with Crippen molar-refractivity contribution in [2.75, 3.05) is 7.05 Å². The van der Waals surface area contributed by atoms with Crippen molar-refractivity contribution in [2.45, 2.75) is 19.9 Å². The molecule has 0 spiro atoms. The molecule has 2 N–H and O–H groups in total. The molecule has 6 nitrogen and oxygen atoms in total. The van der Waals surface area contributed by atoms with Crippen molar-refractivity contribution in [3.8, 4) is 0 Å². The summed E-state index contributed by atoms with van der Waals surface area (Å²) in [5.74, 6) is -0.501. The highest BCUT2D eigenvalue weighted by Gasteiger charge is 2.17. The summed E-state index contributed by atoms with van der Waals surface area (Å²) < 4.78 is 1.83. The SMILES string of the molecule is CNC(=O)C(C)NC(=O)c1ccc2cncn2c1C. The quantitative estimate of drug-likeness (QED) is 0.844. The highest BCUT2D eigenvalue weighted by Crippen LogP contribution is 2.12. The number of imidazole rings is 1. The molecule has 1 unspecified atom stereocenters. The molecule has 6 heteroatoms. The third-order valence-corrected chi connectivity index (χ3v) is 3.07. The molecule has 0 saturated carbocycles. The Bertz CT molecular complexity index is 633. The minimum atomic E-state index is -0.574. The Labute approximate surface area is 110 Å². The van der Waals surface area contributed by atoms with Gasteiger partial charge in [0.05, 0.1) is 23.6 Å². The Morgan fingerprint density at radius 2 is 2.11 bits per heavy atom. The van der Waals surface area contributed by atoms with E-state index in [9.17, 15) is 9.59 Å². The minimum absolute atomic E-state index is 0.227. The number of carbonyl (C=O) groups excluding carboxylic acids is 2. The van der Waals surface area contributed by atoms with Crippen LogP contribution in [0.1, 0.15) is 23.0 Å². The third kappa shape index (κ3) is 2.42. The Kier molecular flexibility index (Phi) is 3.50. The van der Waals surface area contributed by atoms with E-state index < -0.39 is 6.04 Å². The van der Waals surface area contributed by atoms with E-state index in [4.69, 9.17) is 0 Å². The first-order valence-electron chi connectivity index (χ1n) is 5.98. The number of hydrogen-bond acceptors (Lipinski definition) is 3. The first-order chi connectivity index (χ1) is 9.04. The number of pyridine rings is 1. The number of nitrogens with zero attached hydrogens (tertiary/aromatic N) is 2. The van der Waals surface area contributed by atoms with E-state index in [0.717, 1.165) is 11.2 Å². The van der Waals surface area contributed by atoms with Gasteiger partial charge in [-0.2, -0.15) is 0 Å². The topological polar surface area (TPSA) is 75.5 Å². The predicted molar refractivity (Wildman–Crippen MR) is 70.9 cm³/mol. The summed E-state index contributed by atoms with van der Waals surface area (Å²) in [6.45, 7) is 3.48. The van der Waals surface area contributed by atoms with Crippen molar-refractivity contribution in [1.29, 1.82) is 0 Å². The number of aryl methyl sites for hydroxylation is 1. The van der Waals surface area contributed by atoms with Crippen molar-refractivity contribution >= 4 is 17.3 Å². The van der Waals surface area contributed by atoms with Gasteiger partial charge in [0.25, 0.3) is 5.91 Å². The molecular formula is C13H16N4O2. The highest BCUT2D eigenvalue weighted by molar-refractivity contribution is 5.98. The number of aromatic nitrogens is 2. The van der Waals surface area contributed by atoms with Gasteiger partial charge in [0, 0.05) is 12.7 Å². The average Bonchev–Trinajstić information content (AvgIpc) is 2.87. The van der Waals surface area contributed by atoms with Crippen LogP contribution < -0.4 is 10.6 Å². The van der Waals surface area contributed by atoms with Crippen LogP contribution in [0.4, 0.5) is 0 Å². The van der Waals surface area contributed by atoms with E-state index in [1.54, 1.807) is 25.5 Å². The maximum atomic E-state index is 12.1. The van der Waals surface area contributed by atoms with E-state index in [1.165, 1.54) is 7.05 Å². The predicted octanol–water partition coefficient (Wildman–Crippen LogP) is 0.507. The summed E-state index contributed by atoms with van der Waals surface area (Å²) in [5, 5.41) is 5.15. The number of rotatable bonds is 3. The molecule has 2 heterocycles. The van der Waals surface area contributed by atoms with Crippen LogP contribution in [-0.2, 0) is 4.79 Å². The standard InChI is InChI=1S/C13H16N4O2/c1-8(12(18)14-3)16-13(19)11-5-4-10-6-15-7-17(10)9(11)2/h4-8H,1-3H3,(H,14,18)(H,16,19). The zero-order valence-electron chi connectivity index (χ0n) is 11.1. The van der Waals surface area contributed by atoms with Gasteiger partial charge in [0.2, 0.25) is 5.91 Å². The molecule has 0 saturated heterocycles. The van der Waals surface area contributed by atoms with E-state index in [1.807, 2.05) is 17.4 Å². The molecule has 0 aliphatic rings.